The van der Waals surface area contributed by atoms with E-state index in [9.17, 15) is 0 Å². The summed E-state index contributed by atoms with van der Waals surface area (Å²) in [5, 5.41) is 3.47. The Morgan fingerprint density at radius 1 is 0.833 bits per heavy atom. The monoisotopic (exact) mass is 303 g/mol. The summed E-state index contributed by atoms with van der Waals surface area (Å²) >= 11 is 3.73. The van der Waals surface area contributed by atoms with Crippen LogP contribution in [0.4, 0.5) is 0 Å². The van der Waals surface area contributed by atoms with Crippen molar-refractivity contribution in [2.75, 3.05) is 6.54 Å². The normalized spacial score (nSPS) is 12.3. The zero-order valence-electron chi connectivity index (χ0n) is 10.4. The Balaban J connectivity index is 1.71. The van der Waals surface area contributed by atoms with Crippen LogP contribution in [-0.2, 0) is 13.0 Å². The number of hydrogen-bond donors (Lipinski definition) is 1. The van der Waals surface area contributed by atoms with Crippen LogP contribution in [0.2, 0.25) is 0 Å². The maximum absolute atomic E-state index is 3.73. The van der Waals surface area contributed by atoms with Crippen LogP contribution in [0.15, 0.2) is 60.7 Å². The molecule has 0 aliphatic heterocycles. The van der Waals surface area contributed by atoms with Crippen LogP contribution in [0, 0.1) is 0 Å². The molecule has 0 aromatic heterocycles. The molecule has 2 heteroatoms. The Labute approximate surface area is 117 Å². The van der Waals surface area contributed by atoms with Gasteiger partial charge in [0.05, 0.1) is 0 Å². The predicted molar refractivity (Wildman–Crippen MR) is 81.0 cm³/mol. The highest BCUT2D eigenvalue weighted by Gasteiger charge is 2.04. The molecule has 1 N–H and O–H groups in total. The van der Waals surface area contributed by atoms with E-state index in [0.717, 1.165) is 19.5 Å². The molecule has 0 saturated heterocycles. The second-order valence-corrected chi connectivity index (χ2v) is 5.70. The Bertz CT molecular complexity index is 441. The van der Waals surface area contributed by atoms with Crippen LogP contribution in [-0.4, -0.2) is 11.4 Å². The fraction of sp³-hybridized carbons (Fsp3) is 0.250. The molecule has 18 heavy (non-hydrogen) atoms. The van der Waals surface area contributed by atoms with Gasteiger partial charge >= 0.3 is 0 Å². The first kappa shape index (κ1) is 13.3. The van der Waals surface area contributed by atoms with Gasteiger partial charge in [0.2, 0.25) is 0 Å². The lowest BCUT2D eigenvalue weighted by atomic mass is 10.1. The van der Waals surface area contributed by atoms with Gasteiger partial charge in [0.1, 0.15) is 0 Å². The van der Waals surface area contributed by atoms with Gasteiger partial charge in [-0.15, -0.1) is 0 Å². The van der Waals surface area contributed by atoms with E-state index in [1.54, 1.807) is 0 Å². The van der Waals surface area contributed by atoms with Crippen molar-refractivity contribution in [3.05, 3.63) is 71.8 Å². The summed E-state index contributed by atoms with van der Waals surface area (Å²) in [4.78, 5) is 0.476. The fourth-order valence-electron chi connectivity index (χ4n) is 1.91. The summed E-state index contributed by atoms with van der Waals surface area (Å²) in [5.74, 6) is 0. The van der Waals surface area contributed by atoms with E-state index in [0.29, 0.717) is 4.83 Å². The van der Waals surface area contributed by atoms with Gasteiger partial charge in [0, 0.05) is 17.9 Å². The highest BCUT2D eigenvalue weighted by Crippen LogP contribution is 2.09. The molecule has 0 unspecified atom stereocenters. The second kappa shape index (κ2) is 7.34. The van der Waals surface area contributed by atoms with Crippen LogP contribution in [0.25, 0.3) is 0 Å². The molecule has 0 heterocycles. The van der Waals surface area contributed by atoms with E-state index in [2.05, 4.69) is 75.8 Å². The number of hydrogen-bond acceptors (Lipinski definition) is 1. The minimum absolute atomic E-state index is 0.476. The molecule has 2 rings (SSSR count). The molecule has 2 aromatic rings. The molecular formula is C16H18BrN. The molecule has 0 fully saturated rings. The topological polar surface area (TPSA) is 12.0 Å². The molecule has 0 aliphatic carbocycles. The summed E-state index contributed by atoms with van der Waals surface area (Å²) in [6.45, 7) is 1.90. The van der Waals surface area contributed by atoms with Crippen molar-refractivity contribution in [2.45, 2.75) is 17.8 Å². The van der Waals surface area contributed by atoms with Crippen molar-refractivity contribution in [3.63, 3.8) is 0 Å². The maximum atomic E-state index is 3.73. The van der Waals surface area contributed by atoms with Crippen molar-refractivity contribution in [1.82, 2.24) is 5.32 Å². The van der Waals surface area contributed by atoms with Crippen molar-refractivity contribution in [2.24, 2.45) is 0 Å². The first-order chi connectivity index (χ1) is 8.84. The zero-order valence-corrected chi connectivity index (χ0v) is 11.9. The third kappa shape index (κ3) is 4.63. The number of rotatable bonds is 6. The molecule has 0 saturated carbocycles. The highest BCUT2D eigenvalue weighted by atomic mass is 79.9. The second-order valence-electron chi connectivity index (χ2n) is 4.40. The summed E-state index contributed by atoms with van der Waals surface area (Å²) in [7, 11) is 0. The van der Waals surface area contributed by atoms with Gasteiger partial charge in [-0.25, -0.2) is 0 Å². The molecular weight excluding hydrogens is 286 g/mol. The first-order valence-electron chi connectivity index (χ1n) is 6.27. The SMILES string of the molecule is Br[C@@H](CNCc1ccccc1)Cc1ccccc1. The fourth-order valence-corrected chi connectivity index (χ4v) is 2.51. The third-order valence-corrected chi connectivity index (χ3v) is 3.49. The lowest BCUT2D eigenvalue weighted by molar-refractivity contribution is 0.666. The van der Waals surface area contributed by atoms with Gasteiger partial charge in [0.15, 0.2) is 0 Å². The van der Waals surface area contributed by atoms with Gasteiger partial charge < -0.3 is 5.32 Å². The Hall–Kier alpha value is -1.12. The van der Waals surface area contributed by atoms with Gasteiger partial charge in [-0.2, -0.15) is 0 Å². The van der Waals surface area contributed by atoms with E-state index in [1.165, 1.54) is 11.1 Å². The van der Waals surface area contributed by atoms with Crippen molar-refractivity contribution in [1.29, 1.82) is 0 Å². The molecule has 0 aliphatic rings. The Kier molecular flexibility index (Phi) is 5.43. The Morgan fingerprint density at radius 3 is 2.00 bits per heavy atom. The Morgan fingerprint density at radius 2 is 1.39 bits per heavy atom. The zero-order chi connectivity index (χ0) is 12.6. The van der Waals surface area contributed by atoms with Crippen LogP contribution in [0.5, 0.6) is 0 Å². The van der Waals surface area contributed by atoms with Crippen LogP contribution < -0.4 is 5.32 Å². The van der Waals surface area contributed by atoms with Crippen LogP contribution in [0.3, 0.4) is 0 Å². The molecule has 2 aromatic carbocycles. The largest absolute Gasteiger partial charge is 0.312 e. The smallest absolute Gasteiger partial charge is 0.0311 e. The van der Waals surface area contributed by atoms with Gasteiger partial charge in [-0.1, -0.05) is 76.6 Å². The molecule has 0 spiro atoms. The minimum Gasteiger partial charge on any atom is -0.312 e. The molecule has 0 bridgehead atoms. The first-order valence-corrected chi connectivity index (χ1v) is 7.19. The number of halogens is 1. The number of benzene rings is 2. The summed E-state index contributed by atoms with van der Waals surface area (Å²) < 4.78 is 0. The molecule has 1 nitrogen and oxygen atoms in total. The number of alkyl halides is 1. The molecule has 1 atom stereocenters. The van der Waals surface area contributed by atoms with Crippen molar-refractivity contribution < 1.29 is 0 Å². The summed E-state index contributed by atoms with van der Waals surface area (Å²) in [6.07, 6.45) is 1.06. The van der Waals surface area contributed by atoms with E-state index >= 15 is 0 Å². The lowest BCUT2D eigenvalue weighted by Gasteiger charge is -2.11. The average Bonchev–Trinajstić information content (AvgIpc) is 2.41. The highest BCUT2D eigenvalue weighted by molar-refractivity contribution is 9.09. The maximum Gasteiger partial charge on any atom is 0.0311 e. The van der Waals surface area contributed by atoms with Crippen molar-refractivity contribution in [3.8, 4) is 0 Å². The lowest BCUT2D eigenvalue weighted by Crippen LogP contribution is -2.24. The average molecular weight is 304 g/mol. The standard InChI is InChI=1S/C16H18BrN/c17-16(11-14-7-3-1-4-8-14)13-18-12-15-9-5-2-6-10-15/h1-10,16,18H,11-13H2/t16-/m1/s1. The number of nitrogens with one attached hydrogen (secondary N) is 1. The van der Waals surface area contributed by atoms with Crippen LogP contribution in [0.1, 0.15) is 11.1 Å². The van der Waals surface area contributed by atoms with E-state index in [-0.39, 0.29) is 0 Å². The third-order valence-electron chi connectivity index (χ3n) is 2.84. The van der Waals surface area contributed by atoms with Crippen molar-refractivity contribution >= 4 is 15.9 Å². The van der Waals surface area contributed by atoms with E-state index < -0.39 is 0 Å². The molecule has 0 amide bonds. The van der Waals surface area contributed by atoms with Gasteiger partial charge in [-0.3, -0.25) is 0 Å². The van der Waals surface area contributed by atoms with E-state index in [4.69, 9.17) is 0 Å². The van der Waals surface area contributed by atoms with Crippen LogP contribution >= 0.6 is 15.9 Å². The van der Waals surface area contributed by atoms with Gasteiger partial charge in [-0.05, 0) is 17.5 Å². The minimum atomic E-state index is 0.476. The molecule has 0 radical (unpaired) electrons. The summed E-state index contributed by atoms with van der Waals surface area (Å²) in [6, 6.07) is 21.1. The van der Waals surface area contributed by atoms with Gasteiger partial charge in [0.25, 0.3) is 0 Å². The predicted octanol–water partition coefficient (Wildman–Crippen LogP) is 3.78. The molecule has 94 valence electrons. The summed E-state index contributed by atoms with van der Waals surface area (Å²) in [5.41, 5.74) is 2.71. The quantitative estimate of drug-likeness (QED) is 0.801. The van der Waals surface area contributed by atoms with E-state index in [1.807, 2.05) is 6.07 Å².